The number of hydrogen-bond donors (Lipinski definition) is 1. The SMILES string of the molecule is Cc1ccc(N2N=C(C(=O)N[C@@H](C)c3ccccc3)S(=O)(=O)c3cccnc32)cc1. The highest BCUT2D eigenvalue weighted by Gasteiger charge is 2.39. The summed E-state index contributed by atoms with van der Waals surface area (Å²) in [5.41, 5.74) is 2.51. The number of pyridine rings is 1. The standard InChI is InChI=1S/C22H20N4O3S/c1-15-10-12-18(13-11-15)26-20-19(9-6-14-23-20)30(28,29)22(25-26)21(27)24-16(2)17-7-4-3-5-8-17/h3-14,16H,1-2H3,(H,24,27)/t16-/m0/s1. The Kier molecular flexibility index (Phi) is 5.09. The summed E-state index contributed by atoms with van der Waals surface area (Å²) in [6.07, 6.45) is 1.49. The molecule has 0 saturated heterocycles. The van der Waals surface area contributed by atoms with E-state index in [0.717, 1.165) is 11.1 Å². The molecule has 152 valence electrons. The van der Waals surface area contributed by atoms with Crippen molar-refractivity contribution in [2.75, 3.05) is 5.01 Å². The Morgan fingerprint density at radius 1 is 1.00 bits per heavy atom. The van der Waals surface area contributed by atoms with Crippen LogP contribution in [0.5, 0.6) is 0 Å². The molecule has 4 rings (SSSR count). The maximum absolute atomic E-state index is 13.1. The first-order valence-corrected chi connectivity index (χ1v) is 10.9. The molecule has 8 heteroatoms. The van der Waals surface area contributed by atoms with Gasteiger partial charge in [0, 0.05) is 6.20 Å². The van der Waals surface area contributed by atoms with Gasteiger partial charge < -0.3 is 5.32 Å². The first-order valence-electron chi connectivity index (χ1n) is 9.39. The maximum Gasteiger partial charge on any atom is 0.284 e. The van der Waals surface area contributed by atoms with Gasteiger partial charge in [0.05, 0.1) is 11.7 Å². The number of benzene rings is 2. The number of nitrogens with zero attached hydrogens (tertiary/aromatic N) is 3. The van der Waals surface area contributed by atoms with Crippen LogP contribution in [0.4, 0.5) is 11.5 Å². The molecule has 0 saturated carbocycles. The zero-order valence-electron chi connectivity index (χ0n) is 16.5. The van der Waals surface area contributed by atoms with E-state index in [1.165, 1.54) is 23.3 Å². The minimum absolute atomic E-state index is 0.0573. The fourth-order valence-electron chi connectivity index (χ4n) is 3.16. The van der Waals surface area contributed by atoms with Crippen LogP contribution < -0.4 is 10.3 Å². The molecule has 0 unspecified atom stereocenters. The summed E-state index contributed by atoms with van der Waals surface area (Å²) < 4.78 is 26.3. The Labute approximate surface area is 175 Å². The zero-order valence-corrected chi connectivity index (χ0v) is 17.3. The zero-order chi connectivity index (χ0) is 21.3. The number of aryl methyl sites for hydroxylation is 1. The van der Waals surface area contributed by atoms with Gasteiger partial charge in [0.15, 0.2) is 5.82 Å². The number of rotatable bonds is 4. The number of hydrogen-bond acceptors (Lipinski definition) is 6. The number of carbonyl (C=O) groups excluding carboxylic acids is 1. The van der Waals surface area contributed by atoms with Gasteiger partial charge >= 0.3 is 0 Å². The first-order chi connectivity index (χ1) is 14.4. The summed E-state index contributed by atoms with van der Waals surface area (Å²) in [7, 11) is -4.13. The highest BCUT2D eigenvalue weighted by molar-refractivity contribution is 8.08. The number of fused-ring (bicyclic) bond motifs is 1. The molecule has 1 aromatic heterocycles. The van der Waals surface area contributed by atoms with E-state index in [-0.39, 0.29) is 16.8 Å². The van der Waals surface area contributed by atoms with Gasteiger partial charge in [-0.15, -0.1) is 5.10 Å². The predicted molar refractivity (Wildman–Crippen MR) is 115 cm³/mol. The highest BCUT2D eigenvalue weighted by atomic mass is 32.2. The predicted octanol–water partition coefficient (Wildman–Crippen LogP) is 3.51. The van der Waals surface area contributed by atoms with E-state index in [4.69, 9.17) is 0 Å². The minimum Gasteiger partial charge on any atom is -0.343 e. The van der Waals surface area contributed by atoms with Crippen molar-refractivity contribution in [2.45, 2.75) is 24.8 Å². The van der Waals surface area contributed by atoms with Crippen molar-refractivity contribution in [1.29, 1.82) is 0 Å². The second kappa shape index (κ2) is 7.72. The summed E-state index contributed by atoms with van der Waals surface area (Å²) in [4.78, 5) is 17.1. The molecular formula is C22H20N4O3S. The average Bonchev–Trinajstić information content (AvgIpc) is 2.75. The second-order valence-corrected chi connectivity index (χ2v) is 8.82. The lowest BCUT2D eigenvalue weighted by Crippen LogP contribution is -2.41. The van der Waals surface area contributed by atoms with Crippen LogP contribution in [0.25, 0.3) is 0 Å². The van der Waals surface area contributed by atoms with Gasteiger partial charge in [0.2, 0.25) is 14.9 Å². The Hall–Kier alpha value is -3.52. The van der Waals surface area contributed by atoms with E-state index in [1.807, 2.05) is 49.4 Å². The summed E-state index contributed by atoms with van der Waals surface area (Å²) >= 11 is 0. The van der Waals surface area contributed by atoms with E-state index in [0.29, 0.717) is 5.69 Å². The molecule has 1 atom stereocenters. The van der Waals surface area contributed by atoms with Gasteiger partial charge in [0.1, 0.15) is 4.90 Å². The van der Waals surface area contributed by atoms with Crippen LogP contribution in [0.15, 0.2) is 82.9 Å². The molecule has 7 nitrogen and oxygen atoms in total. The Balaban J connectivity index is 1.76. The summed E-state index contributed by atoms with van der Waals surface area (Å²) in [5.74, 6) is -0.605. The summed E-state index contributed by atoms with van der Waals surface area (Å²) in [6, 6.07) is 19.2. The van der Waals surface area contributed by atoms with Crippen molar-refractivity contribution in [3.8, 4) is 0 Å². The van der Waals surface area contributed by atoms with Crippen LogP contribution in [0, 0.1) is 6.92 Å². The van der Waals surface area contributed by atoms with Gasteiger partial charge in [-0.25, -0.2) is 18.4 Å². The molecule has 2 heterocycles. The van der Waals surface area contributed by atoms with Gasteiger partial charge in [-0.1, -0.05) is 48.0 Å². The minimum atomic E-state index is -4.13. The van der Waals surface area contributed by atoms with E-state index >= 15 is 0 Å². The van der Waals surface area contributed by atoms with E-state index in [2.05, 4.69) is 15.4 Å². The molecule has 1 aliphatic rings. The fourth-order valence-corrected chi connectivity index (χ4v) is 4.50. The molecule has 1 N–H and O–H groups in total. The Bertz CT molecular complexity index is 1220. The Morgan fingerprint density at radius 2 is 1.70 bits per heavy atom. The lowest BCUT2D eigenvalue weighted by Gasteiger charge is -2.26. The van der Waals surface area contributed by atoms with Crippen molar-refractivity contribution in [3.63, 3.8) is 0 Å². The molecule has 3 aromatic rings. The van der Waals surface area contributed by atoms with Crippen LogP contribution in [0.1, 0.15) is 24.1 Å². The number of sulfone groups is 1. The molecule has 0 fully saturated rings. The number of amides is 1. The van der Waals surface area contributed by atoms with Gasteiger partial charge in [-0.2, -0.15) is 0 Å². The van der Waals surface area contributed by atoms with Gasteiger partial charge in [-0.05, 0) is 43.7 Å². The Morgan fingerprint density at radius 3 is 2.40 bits per heavy atom. The lowest BCUT2D eigenvalue weighted by molar-refractivity contribution is -0.115. The number of carbonyl (C=O) groups is 1. The van der Waals surface area contributed by atoms with Crippen LogP contribution in [0.2, 0.25) is 0 Å². The molecule has 0 bridgehead atoms. The monoisotopic (exact) mass is 420 g/mol. The summed E-state index contributed by atoms with van der Waals surface area (Å²) in [6.45, 7) is 3.74. The molecule has 0 radical (unpaired) electrons. The fraction of sp³-hybridized carbons (Fsp3) is 0.136. The molecule has 30 heavy (non-hydrogen) atoms. The molecule has 0 aliphatic carbocycles. The third kappa shape index (κ3) is 3.57. The quantitative estimate of drug-likeness (QED) is 0.697. The number of nitrogens with one attached hydrogen (secondary N) is 1. The average molecular weight is 420 g/mol. The van der Waals surface area contributed by atoms with E-state index in [1.54, 1.807) is 19.1 Å². The number of anilines is 2. The van der Waals surface area contributed by atoms with Crippen molar-refractivity contribution >= 4 is 32.3 Å². The summed E-state index contributed by atoms with van der Waals surface area (Å²) in [5, 5.41) is 7.77. The van der Waals surface area contributed by atoms with Crippen LogP contribution in [0.3, 0.4) is 0 Å². The van der Waals surface area contributed by atoms with Crippen molar-refractivity contribution < 1.29 is 13.2 Å². The first kappa shape index (κ1) is 19.8. The lowest BCUT2D eigenvalue weighted by atomic mass is 10.1. The highest BCUT2D eigenvalue weighted by Crippen LogP contribution is 2.35. The molecular weight excluding hydrogens is 400 g/mol. The molecule has 0 spiro atoms. The maximum atomic E-state index is 13.1. The van der Waals surface area contributed by atoms with Crippen LogP contribution >= 0.6 is 0 Å². The number of aromatic nitrogens is 1. The third-order valence-electron chi connectivity index (χ3n) is 4.81. The van der Waals surface area contributed by atoms with E-state index in [9.17, 15) is 13.2 Å². The van der Waals surface area contributed by atoms with E-state index < -0.39 is 20.8 Å². The largest absolute Gasteiger partial charge is 0.343 e. The second-order valence-electron chi connectivity index (χ2n) is 6.99. The van der Waals surface area contributed by atoms with Crippen molar-refractivity contribution in [2.24, 2.45) is 5.10 Å². The number of hydrazone groups is 1. The van der Waals surface area contributed by atoms with Gasteiger partial charge in [0.25, 0.3) is 5.91 Å². The van der Waals surface area contributed by atoms with Crippen LogP contribution in [-0.4, -0.2) is 24.4 Å². The van der Waals surface area contributed by atoms with Crippen molar-refractivity contribution in [1.82, 2.24) is 10.3 Å². The van der Waals surface area contributed by atoms with Gasteiger partial charge in [-0.3, -0.25) is 4.79 Å². The molecule has 2 aromatic carbocycles. The smallest absolute Gasteiger partial charge is 0.284 e. The normalized spacial score (nSPS) is 15.7. The van der Waals surface area contributed by atoms with Crippen LogP contribution in [-0.2, 0) is 14.6 Å². The van der Waals surface area contributed by atoms with Crippen molar-refractivity contribution in [3.05, 3.63) is 84.1 Å². The molecule has 1 aliphatic heterocycles. The topological polar surface area (TPSA) is 91.7 Å². The third-order valence-corrected chi connectivity index (χ3v) is 6.48. The molecule has 1 amide bonds.